The smallest absolute Gasteiger partial charge is 0.330 e. The minimum absolute atomic E-state index is 0.268. The second kappa shape index (κ2) is 10.5. The summed E-state index contributed by atoms with van der Waals surface area (Å²) in [5.41, 5.74) is 1.31. The van der Waals surface area contributed by atoms with E-state index in [1.807, 2.05) is 30.3 Å². The Hall–Kier alpha value is -3.58. The van der Waals surface area contributed by atoms with Gasteiger partial charge < -0.3 is 24.8 Å². The highest BCUT2D eigenvalue weighted by Gasteiger charge is 2.09. The van der Waals surface area contributed by atoms with Crippen molar-refractivity contribution >= 4 is 24.1 Å². The Bertz CT molecular complexity index is 856. The fourth-order valence-corrected chi connectivity index (χ4v) is 2.04. The van der Waals surface area contributed by atoms with Crippen molar-refractivity contribution in [2.24, 2.45) is 0 Å². The number of hydrogen-bond acceptors (Lipinski definition) is 7. The van der Waals surface area contributed by atoms with Crippen LogP contribution in [0.3, 0.4) is 0 Å². The third-order valence-electron chi connectivity index (χ3n) is 3.46. The number of aromatic hydroxyl groups is 2. The molecule has 0 saturated carbocycles. The molecule has 0 heterocycles. The van der Waals surface area contributed by atoms with Gasteiger partial charge in [0.1, 0.15) is 19.3 Å². The summed E-state index contributed by atoms with van der Waals surface area (Å²) < 4.78 is 9.72. The van der Waals surface area contributed by atoms with E-state index in [1.165, 1.54) is 30.4 Å². The zero-order valence-electron chi connectivity index (χ0n) is 14.9. The average molecular weight is 384 g/mol. The molecule has 7 nitrogen and oxygen atoms in total. The molecule has 0 aliphatic rings. The minimum Gasteiger partial charge on any atom is -0.504 e. The molecule has 0 aliphatic carbocycles. The van der Waals surface area contributed by atoms with Gasteiger partial charge in [-0.05, 0) is 35.4 Å². The molecule has 1 atom stereocenters. The molecule has 2 aromatic carbocycles. The number of benzene rings is 2. The monoisotopic (exact) mass is 384 g/mol. The summed E-state index contributed by atoms with van der Waals surface area (Å²) in [7, 11) is 0. The lowest BCUT2D eigenvalue weighted by atomic mass is 10.2. The molecule has 3 N–H and O–H groups in total. The predicted molar refractivity (Wildman–Crippen MR) is 102 cm³/mol. The van der Waals surface area contributed by atoms with Gasteiger partial charge in [0.2, 0.25) is 0 Å². The van der Waals surface area contributed by atoms with Crippen LogP contribution in [0.25, 0.3) is 12.2 Å². The van der Waals surface area contributed by atoms with Crippen molar-refractivity contribution in [3.63, 3.8) is 0 Å². The molecule has 1 unspecified atom stereocenters. The van der Waals surface area contributed by atoms with Crippen LogP contribution in [-0.2, 0) is 19.1 Å². The molecule has 0 bridgehead atoms. The Morgan fingerprint density at radius 3 is 1.96 bits per heavy atom. The SMILES string of the molecule is O=C(/C=C/c1ccccc1)OCC(O)COC(=O)/C=C/c1ccc(O)c(O)c1. The maximum atomic E-state index is 11.6. The Morgan fingerprint density at radius 1 is 0.821 bits per heavy atom. The molecule has 0 saturated heterocycles. The van der Waals surface area contributed by atoms with Gasteiger partial charge in [-0.15, -0.1) is 0 Å². The first-order valence-corrected chi connectivity index (χ1v) is 8.39. The van der Waals surface area contributed by atoms with Gasteiger partial charge in [0.25, 0.3) is 0 Å². The van der Waals surface area contributed by atoms with Crippen LogP contribution in [-0.4, -0.2) is 46.6 Å². The molecule has 0 amide bonds. The number of aliphatic hydroxyl groups is 1. The summed E-state index contributed by atoms with van der Waals surface area (Å²) in [5, 5.41) is 28.3. The first kappa shape index (κ1) is 20.7. The van der Waals surface area contributed by atoms with Gasteiger partial charge in [0.05, 0.1) is 0 Å². The number of phenolic OH excluding ortho intramolecular Hbond substituents is 2. The van der Waals surface area contributed by atoms with Gasteiger partial charge in [0, 0.05) is 12.2 Å². The second-order valence-corrected chi connectivity index (χ2v) is 5.74. The Kier molecular flexibility index (Phi) is 7.80. The maximum Gasteiger partial charge on any atom is 0.330 e. The number of carbonyl (C=O) groups is 2. The molecule has 0 fully saturated rings. The quantitative estimate of drug-likeness (QED) is 0.363. The van der Waals surface area contributed by atoms with Crippen molar-refractivity contribution in [2.45, 2.75) is 6.10 Å². The molecule has 0 spiro atoms. The molecule has 2 rings (SSSR count). The Balaban J connectivity index is 1.69. The highest BCUT2D eigenvalue weighted by molar-refractivity contribution is 5.87. The fraction of sp³-hybridized carbons (Fsp3) is 0.143. The van der Waals surface area contributed by atoms with E-state index in [0.29, 0.717) is 5.56 Å². The van der Waals surface area contributed by atoms with Gasteiger partial charge in [-0.25, -0.2) is 9.59 Å². The Labute approximate surface area is 161 Å². The summed E-state index contributed by atoms with van der Waals surface area (Å²) in [6.45, 7) is -0.666. The van der Waals surface area contributed by atoms with Crippen molar-refractivity contribution in [3.8, 4) is 11.5 Å². The van der Waals surface area contributed by atoms with Crippen LogP contribution in [0.2, 0.25) is 0 Å². The minimum atomic E-state index is -1.16. The summed E-state index contributed by atoms with van der Waals surface area (Å²) in [5.74, 6) is -1.92. The average Bonchev–Trinajstić information content (AvgIpc) is 2.70. The van der Waals surface area contributed by atoms with Crippen molar-refractivity contribution in [1.82, 2.24) is 0 Å². The number of phenols is 2. The standard InChI is InChI=1S/C21H20O7/c22-17(13-27-20(25)10-7-15-4-2-1-3-5-15)14-28-21(26)11-8-16-6-9-18(23)19(24)12-16/h1-12,17,22-24H,13-14H2/b10-7+,11-8+. The predicted octanol–water partition coefficient (Wildman–Crippen LogP) is 2.27. The summed E-state index contributed by atoms with van der Waals surface area (Å²) in [4.78, 5) is 23.2. The largest absolute Gasteiger partial charge is 0.504 e. The maximum absolute atomic E-state index is 11.6. The molecule has 146 valence electrons. The van der Waals surface area contributed by atoms with Gasteiger partial charge in [-0.3, -0.25) is 0 Å². The number of hydrogen-bond donors (Lipinski definition) is 3. The number of ether oxygens (including phenoxy) is 2. The van der Waals surface area contributed by atoms with Crippen LogP contribution in [0.5, 0.6) is 11.5 Å². The molecule has 0 aromatic heterocycles. The number of esters is 2. The van der Waals surface area contributed by atoms with Crippen molar-refractivity contribution in [3.05, 3.63) is 71.8 Å². The summed E-state index contributed by atoms with van der Waals surface area (Å²) in [6.07, 6.45) is 4.14. The highest BCUT2D eigenvalue weighted by atomic mass is 16.6. The third-order valence-corrected chi connectivity index (χ3v) is 3.46. The van der Waals surface area contributed by atoms with Gasteiger partial charge >= 0.3 is 11.9 Å². The fourth-order valence-electron chi connectivity index (χ4n) is 2.04. The van der Waals surface area contributed by atoms with E-state index in [2.05, 4.69) is 0 Å². The van der Waals surface area contributed by atoms with E-state index in [9.17, 15) is 24.9 Å². The Morgan fingerprint density at radius 2 is 1.39 bits per heavy atom. The number of aliphatic hydroxyl groups excluding tert-OH is 1. The van der Waals surface area contributed by atoms with Crippen LogP contribution in [0.4, 0.5) is 0 Å². The number of carbonyl (C=O) groups excluding carboxylic acids is 2. The molecule has 2 aromatic rings. The topological polar surface area (TPSA) is 113 Å². The van der Waals surface area contributed by atoms with Crippen molar-refractivity contribution in [2.75, 3.05) is 13.2 Å². The van der Waals surface area contributed by atoms with Crippen LogP contribution in [0.15, 0.2) is 60.7 Å². The van der Waals surface area contributed by atoms with Gasteiger partial charge in [0.15, 0.2) is 11.5 Å². The summed E-state index contributed by atoms with van der Waals surface area (Å²) in [6, 6.07) is 13.2. The zero-order chi connectivity index (χ0) is 20.4. The van der Waals surface area contributed by atoms with Crippen LogP contribution >= 0.6 is 0 Å². The van der Waals surface area contributed by atoms with E-state index in [1.54, 1.807) is 6.08 Å². The molecular weight excluding hydrogens is 364 g/mol. The first-order valence-electron chi connectivity index (χ1n) is 8.39. The van der Waals surface area contributed by atoms with E-state index in [4.69, 9.17) is 9.47 Å². The van der Waals surface area contributed by atoms with Gasteiger partial charge in [-0.2, -0.15) is 0 Å². The van der Waals surface area contributed by atoms with E-state index in [0.717, 1.165) is 11.6 Å². The lowest BCUT2D eigenvalue weighted by molar-refractivity contribution is -0.146. The second-order valence-electron chi connectivity index (χ2n) is 5.74. The lowest BCUT2D eigenvalue weighted by Gasteiger charge is -2.10. The van der Waals surface area contributed by atoms with E-state index >= 15 is 0 Å². The third kappa shape index (κ3) is 7.35. The lowest BCUT2D eigenvalue weighted by Crippen LogP contribution is -2.24. The normalized spacial score (nSPS) is 12.2. The number of rotatable bonds is 8. The van der Waals surface area contributed by atoms with Crippen LogP contribution in [0, 0.1) is 0 Å². The van der Waals surface area contributed by atoms with Gasteiger partial charge in [-0.1, -0.05) is 36.4 Å². The van der Waals surface area contributed by atoms with E-state index < -0.39 is 18.0 Å². The highest BCUT2D eigenvalue weighted by Crippen LogP contribution is 2.25. The molecular formula is C21H20O7. The van der Waals surface area contributed by atoms with Crippen molar-refractivity contribution in [1.29, 1.82) is 0 Å². The van der Waals surface area contributed by atoms with Crippen LogP contribution < -0.4 is 0 Å². The molecule has 28 heavy (non-hydrogen) atoms. The van der Waals surface area contributed by atoms with Crippen LogP contribution in [0.1, 0.15) is 11.1 Å². The molecule has 0 radical (unpaired) electrons. The molecule has 0 aliphatic heterocycles. The summed E-state index contributed by atoms with van der Waals surface area (Å²) >= 11 is 0. The van der Waals surface area contributed by atoms with Crippen molar-refractivity contribution < 1.29 is 34.4 Å². The first-order chi connectivity index (χ1) is 13.4. The zero-order valence-corrected chi connectivity index (χ0v) is 14.9. The van der Waals surface area contributed by atoms with E-state index in [-0.39, 0.29) is 24.7 Å². The molecule has 7 heteroatoms.